The van der Waals surface area contributed by atoms with E-state index in [0.717, 1.165) is 27.8 Å². The van der Waals surface area contributed by atoms with Gasteiger partial charge in [0.05, 0.1) is 11.1 Å². The molecule has 1 amide bonds. The maximum Gasteiger partial charge on any atom is 0.250 e. The second-order valence-corrected chi connectivity index (χ2v) is 10.6. The highest BCUT2D eigenvalue weighted by Gasteiger charge is 2.32. The predicted molar refractivity (Wildman–Crippen MR) is 147 cm³/mol. The van der Waals surface area contributed by atoms with Crippen LogP contribution in [0.2, 0.25) is 5.02 Å². The maximum atomic E-state index is 13.3. The lowest BCUT2D eigenvalue weighted by Gasteiger charge is -2.15. The number of amides is 1. The molecule has 0 aliphatic rings. The Hall–Kier alpha value is -4.34. The van der Waals surface area contributed by atoms with E-state index in [-0.39, 0.29) is 22.9 Å². The Bertz CT molecular complexity index is 1700. The predicted octanol–water partition coefficient (Wildman–Crippen LogP) is 6.33. The number of aliphatic hydroxyl groups is 1. The number of hydrogen-bond donors (Lipinski definition) is 2. The molecule has 0 aliphatic heterocycles. The highest BCUT2D eigenvalue weighted by Crippen LogP contribution is 2.41. The number of nitrogens with zero attached hydrogens (tertiary/aromatic N) is 3. The van der Waals surface area contributed by atoms with E-state index >= 15 is 0 Å². The number of aliphatic hydroxyl groups excluding tert-OH is 1. The number of anilines is 1. The number of aromatic nitrogens is 3. The number of Topliss-reactive ketones (excluding diaryl/α,β-unsaturated/α-hetero) is 1. The van der Waals surface area contributed by atoms with Crippen molar-refractivity contribution in [1.82, 2.24) is 15.1 Å². The molecule has 2 N–H and O–H groups in total. The fraction of sp³-hybridized carbons (Fsp3) is 0.207. The molecule has 198 valence electrons. The van der Waals surface area contributed by atoms with E-state index in [9.17, 15) is 14.7 Å². The third-order valence-corrected chi connectivity index (χ3v) is 6.49. The van der Waals surface area contributed by atoms with E-state index in [1.807, 2.05) is 43.3 Å². The number of fused-ring (bicyclic) bond motifs is 1. The van der Waals surface area contributed by atoms with E-state index in [0.29, 0.717) is 21.9 Å². The van der Waals surface area contributed by atoms with Gasteiger partial charge in [0.2, 0.25) is 29.6 Å². The summed E-state index contributed by atoms with van der Waals surface area (Å²) in [5.74, 6) is -0.559. The molecule has 3 aromatic heterocycles. The zero-order valence-corrected chi connectivity index (χ0v) is 22.5. The number of halogens is 1. The summed E-state index contributed by atoms with van der Waals surface area (Å²) in [5, 5.41) is 16.9. The van der Waals surface area contributed by atoms with Crippen molar-refractivity contribution in [1.29, 1.82) is 0 Å². The summed E-state index contributed by atoms with van der Waals surface area (Å²) < 4.78 is 10.9. The van der Waals surface area contributed by atoms with E-state index < -0.39 is 17.9 Å². The lowest BCUT2D eigenvalue weighted by Crippen LogP contribution is -2.22. The molecular weight excluding hydrogens is 520 g/mol. The van der Waals surface area contributed by atoms with Crippen molar-refractivity contribution in [2.45, 2.75) is 27.7 Å². The first-order chi connectivity index (χ1) is 18.6. The van der Waals surface area contributed by atoms with Gasteiger partial charge in [-0.3, -0.25) is 9.59 Å². The summed E-state index contributed by atoms with van der Waals surface area (Å²) >= 11 is 6.16. The first kappa shape index (κ1) is 26.3. The quantitative estimate of drug-likeness (QED) is 0.237. The van der Waals surface area contributed by atoms with Crippen LogP contribution in [0, 0.1) is 12.3 Å². The molecule has 0 aliphatic carbocycles. The van der Waals surface area contributed by atoms with Crippen molar-refractivity contribution in [2.24, 2.45) is 5.41 Å². The van der Waals surface area contributed by atoms with Crippen molar-refractivity contribution in [3.63, 3.8) is 0 Å². The Balaban J connectivity index is 1.78. The van der Waals surface area contributed by atoms with E-state index in [4.69, 9.17) is 25.5 Å². The molecule has 0 saturated carbocycles. The van der Waals surface area contributed by atoms with Crippen LogP contribution in [0.15, 0.2) is 63.9 Å². The number of benzene rings is 2. The van der Waals surface area contributed by atoms with E-state index in [1.54, 1.807) is 32.9 Å². The summed E-state index contributed by atoms with van der Waals surface area (Å²) in [4.78, 5) is 34.5. The molecule has 0 bridgehead atoms. The molecule has 5 rings (SSSR count). The molecule has 0 fully saturated rings. The third kappa shape index (κ3) is 5.06. The van der Waals surface area contributed by atoms with Gasteiger partial charge in [-0.05, 0) is 42.3 Å². The molecule has 39 heavy (non-hydrogen) atoms. The molecule has 3 heterocycles. The van der Waals surface area contributed by atoms with Gasteiger partial charge in [-0.2, -0.15) is 4.98 Å². The minimum Gasteiger partial charge on any atom is -0.432 e. The number of aryl methyl sites for hydroxylation is 1. The van der Waals surface area contributed by atoms with Crippen LogP contribution in [0.25, 0.3) is 44.9 Å². The van der Waals surface area contributed by atoms with Gasteiger partial charge in [0, 0.05) is 27.1 Å². The number of hydrogen-bond acceptors (Lipinski definition) is 8. The Morgan fingerprint density at radius 1 is 1.03 bits per heavy atom. The van der Waals surface area contributed by atoms with Gasteiger partial charge in [-0.1, -0.05) is 61.8 Å². The third-order valence-electron chi connectivity index (χ3n) is 6.23. The van der Waals surface area contributed by atoms with E-state index in [2.05, 4.69) is 15.5 Å². The van der Waals surface area contributed by atoms with Gasteiger partial charge in [-0.25, -0.2) is 4.98 Å². The van der Waals surface area contributed by atoms with Gasteiger partial charge in [0.15, 0.2) is 5.76 Å². The Morgan fingerprint density at radius 2 is 1.74 bits per heavy atom. The molecule has 9 nitrogen and oxygen atoms in total. The fourth-order valence-electron chi connectivity index (χ4n) is 4.25. The summed E-state index contributed by atoms with van der Waals surface area (Å²) in [7, 11) is 0. The monoisotopic (exact) mass is 544 g/mol. The van der Waals surface area contributed by atoms with Gasteiger partial charge in [0.25, 0.3) is 0 Å². The first-order valence-corrected chi connectivity index (χ1v) is 12.5. The van der Waals surface area contributed by atoms with Crippen molar-refractivity contribution < 1.29 is 23.6 Å². The van der Waals surface area contributed by atoms with Crippen LogP contribution < -0.4 is 5.32 Å². The topological polar surface area (TPSA) is 131 Å². The van der Waals surface area contributed by atoms with Crippen LogP contribution in [0.1, 0.15) is 36.9 Å². The Kier molecular flexibility index (Phi) is 6.80. The number of ketones is 1. The SMILES string of the molecule is Cc1cc(-c2ncon2)ccc1-c1nc2oc(C(=O)C(C)(C)C)c(NC(=O)CO)c2cc1-c1ccc(Cl)cc1. The van der Waals surface area contributed by atoms with Crippen molar-refractivity contribution >= 4 is 40.1 Å². The average Bonchev–Trinajstić information content (AvgIpc) is 3.56. The lowest BCUT2D eigenvalue weighted by atomic mass is 9.88. The second kappa shape index (κ2) is 10.1. The molecule has 5 aromatic rings. The number of furan rings is 1. The zero-order valence-electron chi connectivity index (χ0n) is 21.7. The average molecular weight is 545 g/mol. The van der Waals surface area contributed by atoms with Gasteiger partial charge in [0.1, 0.15) is 12.3 Å². The molecule has 2 aromatic carbocycles. The highest BCUT2D eigenvalue weighted by atomic mass is 35.5. The van der Waals surface area contributed by atoms with Crippen LogP contribution >= 0.6 is 11.6 Å². The number of pyridine rings is 1. The second-order valence-electron chi connectivity index (χ2n) is 10.1. The normalized spacial score (nSPS) is 11.6. The molecule has 0 spiro atoms. The molecular formula is C29H25ClN4O5. The summed E-state index contributed by atoms with van der Waals surface area (Å²) in [6.07, 6.45) is 1.27. The molecule has 10 heteroatoms. The summed E-state index contributed by atoms with van der Waals surface area (Å²) in [6.45, 7) is 6.46. The minimum absolute atomic E-state index is 0.0322. The summed E-state index contributed by atoms with van der Waals surface area (Å²) in [6, 6.07) is 14.8. The minimum atomic E-state index is -0.796. The van der Waals surface area contributed by atoms with Crippen LogP contribution in [-0.4, -0.2) is 38.5 Å². The van der Waals surface area contributed by atoms with Crippen LogP contribution in [0.4, 0.5) is 5.69 Å². The number of carbonyl (C=O) groups is 2. The highest BCUT2D eigenvalue weighted by molar-refractivity contribution is 6.30. The maximum absolute atomic E-state index is 13.3. The molecule has 0 unspecified atom stereocenters. The first-order valence-electron chi connectivity index (χ1n) is 12.1. The van der Waals surface area contributed by atoms with Crippen LogP contribution in [0.5, 0.6) is 0 Å². The van der Waals surface area contributed by atoms with E-state index in [1.165, 1.54) is 6.39 Å². The fourth-order valence-corrected chi connectivity index (χ4v) is 4.37. The smallest absolute Gasteiger partial charge is 0.250 e. The number of carbonyl (C=O) groups excluding carboxylic acids is 2. The molecule has 0 radical (unpaired) electrons. The largest absolute Gasteiger partial charge is 0.432 e. The molecule has 0 saturated heterocycles. The number of nitrogens with one attached hydrogen (secondary N) is 1. The Labute approximate surface area is 228 Å². The van der Waals surface area contributed by atoms with Gasteiger partial charge < -0.3 is 19.4 Å². The van der Waals surface area contributed by atoms with Crippen LogP contribution in [0.3, 0.4) is 0 Å². The van der Waals surface area contributed by atoms with Crippen molar-refractivity contribution in [3.8, 4) is 33.8 Å². The molecule has 0 atom stereocenters. The standard InChI is InChI=1S/C29H25ClN4O5/c1-15-11-17(27-31-14-38-34-27)7-10-19(15)23-20(16-5-8-18(30)9-6-16)12-21-24(32-22(36)13-35)25(39-28(21)33-23)26(37)29(2,3)4/h5-12,14,35H,13H2,1-4H3,(H,32,36). The number of rotatable bonds is 6. The van der Waals surface area contributed by atoms with Crippen molar-refractivity contribution in [2.75, 3.05) is 11.9 Å². The van der Waals surface area contributed by atoms with Crippen molar-refractivity contribution in [3.05, 3.63) is 71.3 Å². The van der Waals surface area contributed by atoms with Crippen LogP contribution in [-0.2, 0) is 4.79 Å². The summed E-state index contributed by atoms with van der Waals surface area (Å²) in [5.41, 5.74) is 4.18. The Morgan fingerprint density at radius 3 is 2.36 bits per heavy atom. The lowest BCUT2D eigenvalue weighted by molar-refractivity contribution is -0.118. The van der Waals surface area contributed by atoms with Gasteiger partial charge in [-0.15, -0.1) is 0 Å². The zero-order chi connectivity index (χ0) is 27.9. The van der Waals surface area contributed by atoms with Gasteiger partial charge >= 0.3 is 0 Å².